The second-order valence-corrected chi connectivity index (χ2v) is 10.8. The minimum absolute atomic E-state index is 0.0319. The van der Waals surface area contributed by atoms with Crippen molar-refractivity contribution in [2.45, 2.75) is 69.2 Å². The molecule has 2 aromatic rings. The van der Waals surface area contributed by atoms with Gasteiger partial charge >= 0.3 is 11.8 Å². The van der Waals surface area contributed by atoms with Crippen molar-refractivity contribution in [1.82, 2.24) is 5.32 Å². The summed E-state index contributed by atoms with van der Waals surface area (Å²) in [6.07, 6.45) is 7.70. The number of aryl methyl sites for hydroxylation is 2. The Hall–Kier alpha value is -2.87. The molecule has 2 aliphatic rings. The molecule has 176 valence electrons. The van der Waals surface area contributed by atoms with Gasteiger partial charge in [0.25, 0.3) is 10.0 Å². The van der Waals surface area contributed by atoms with Gasteiger partial charge in [0.1, 0.15) is 0 Å². The molecule has 0 bridgehead atoms. The maximum atomic E-state index is 13.3. The van der Waals surface area contributed by atoms with Gasteiger partial charge in [-0.25, -0.2) is 8.42 Å². The van der Waals surface area contributed by atoms with E-state index in [2.05, 4.69) is 10.6 Å². The van der Waals surface area contributed by atoms with E-state index in [1.165, 1.54) is 4.31 Å². The topological polar surface area (TPSA) is 95.6 Å². The quantitative estimate of drug-likeness (QED) is 0.524. The van der Waals surface area contributed by atoms with Crippen LogP contribution >= 0.6 is 0 Å². The molecule has 0 unspecified atom stereocenters. The van der Waals surface area contributed by atoms with Crippen molar-refractivity contribution in [3.05, 3.63) is 53.6 Å². The number of anilines is 2. The number of hydrogen-bond acceptors (Lipinski definition) is 4. The van der Waals surface area contributed by atoms with Crippen LogP contribution in [0.1, 0.15) is 56.1 Å². The Morgan fingerprint density at radius 2 is 1.61 bits per heavy atom. The average molecular weight is 470 g/mol. The molecule has 1 aliphatic carbocycles. The first-order chi connectivity index (χ1) is 15.8. The Balaban J connectivity index is 1.51. The van der Waals surface area contributed by atoms with Gasteiger partial charge in [-0.15, -0.1) is 0 Å². The number of amides is 2. The fourth-order valence-electron chi connectivity index (χ4n) is 4.57. The van der Waals surface area contributed by atoms with Crippen LogP contribution in [0, 0.1) is 6.92 Å². The number of carbonyl (C=O) groups excluding carboxylic acids is 2. The summed E-state index contributed by atoms with van der Waals surface area (Å²) in [6, 6.07) is 12.0. The molecule has 4 rings (SSSR count). The Bertz CT molecular complexity index is 1120. The maximum Gasteiger partial charge on any atom is 0.313 e. The second kappa shape index (κ2) is 9.95. The molecule has 33 heavy (non-hydrogen) atoms. The molecule has 1 heterocycles. The van der Waals surface area contributed by atoms with Gasteiger partial charge in [-0.2, -0.15) is 0 Å². The highest BCUT2D eigenvalue weighted by molar-refractivity contribution is 7.92. The molecule has 1 aliphatic heterocycles. The van der Waals surface area contributed by atoms with Gasteiger partial charge in [0.05, 0.1) is 10.6 Å². The first-order valence-electron chi connectivity index (χ1n) is 11.7. The van der Waals surface area contributed by atoms with Crippen molar-refractivity contribution in [3.63, 3.8) is 0 Å². The molecular weight excluding hydrogens is 438 g/mol. The Morgan fingerprint density at radius 3 is 2.30 bits per heavy atom. The highest BCUT2D eigenvalue weighted by Gasteiger charge is 2.29. The molecule has 2 N–H and O–H groups in total. The SMILES string of the molecule is Cc1ccc(S(=O)(=O)N2CCCc3ccc(NC(=O)C(=O)NC4CCCCCC4)cc32)cc1. The number of rotatable bonds is 4. The largest absolute Gasteiger partial charge is 0.345 e. The lowest BCUT2D eigenvalue weighted by Gasteiger charge is -2.31. The summed E-state index contributed by atoms with van der Waals surface area (Å²) >= 11 is 0. The molecular formula is C25H31N3O4S. The van der Waals surface area contributed by atoms with E-state index in [4.69, 9.17) is 0 Å². The smallest absolute Gasteiger partial charge is 0.313 e. The molecule has 1 saturated carbocycles. The van der Waals surface area contributed by atoms with Crippen molar-refractivity contribution in [2.24, 2.45) is 0 Å². The molecule has 2 amide bonds. The van der Waals surface area contributed by atoms with Gasteiger partial charge in [0.2, 0.25) is 0 Å². The Morgan fingerprint density at radius 1 is 0.909 bits per heavy atom. The summed E-state index contributed by atoms with van der Waals surface area (Å²) < 4.78 is 28.1. The van der Waals surface area contributed by atoms with Crippen molar-refractivity contribution in [1.29, 1.82) is 0 Å². The monoisotopic (exact) mass is 469 g/mol. The number of benzene rings is 2. The van der Waals surface area contributed by atoms with Gasteiger partial charge in [-0.05, 0) is 62.4 Å². The van der Waals surface area contributed by atoms with Crippen LogP contribution in [0.3, 0.4) is 0 Å². The maximum absolute atomic E-state index is 13.3. The summed E-state index contributed by atoms with van der Waals surface area (Å²) in [4.78, 5) is 25.2. The van der Waals surface area contributed by atoms with Crippen LogP contribution in [0.5, 0.6) is 0 Å². The van der Waals surface area contributed by atoms with Gasteiger partial charge < -0.3 is 10.6 Å². The minimum atomic E-state index is -3.74. The molecule has 1 fully saturated rings. The van der Waals surface area contributed by atoms with Gasteiger partial charge in [-0.3, -0.25) is 13.9 Å². The molecule has 2 aromatic carbocycles. The zero-order valence-electron chi connectivity index (χ0n) is 19.0. The molecule has 0 aromatic heterocycles. The summed E-state index contributed by atoms with van der Waals surface area (Å²) in [5.41, 5.74) is 2.84. The van der Waals surface area contributed by atoms with E-state index in [9.17, 15) is 18.0 Å². The molecule has 0 spiro atoms. The highest BCUT2D eigenvalue weighted by atomic mass is 32.2. The fourth-order valence-corrected chi connectivity index (χ4v) is 6.10. The summed E-state index contributed by atoms with van der Waals surface area (Å²) in [5.74, 6) is -1.38. The lowest BCUT2D eigenvalue weighted by Crippen LogP contribution is -2.41. The zero-order chi connectivity index (χ0) is 23.4. The summed E-state index contributed by atoms with van der Waals surface area (Å²) in [7, 11) is -3.74. The van der Waals surface area contributed by atoms with Crippen molar-refractivity contribution in [3.8, 4) is 0 Å². The Kier molecular flexibility index (Phi) is 7.02. The predicted octanol–water partition coefficient (Wildman–Crippen LogP) is 3.91. The van der Waals surface area contributed by atoms with Crippen LogP contribution in [-0.4, -0.2) is 32.8 Å². The van der Waals surface area contributed by atoms with E-state index in [1.807, 2.05) is 13.0 Å². The van der Waals surface area contributed by atoms with Gasteiger partial charge in [0, 0.05) is 18.3 Å². The van der Waals surface area contributed by atoms with Crippen molar-refractivity contribution < 1.29 is 18.0 Å². The van der Waals surface area contributed by atoms with E-state index in [0.717, 1.165) is 56.1 Å². The third-order valence-electron chi connectivity index (χ3n) is 6.42. The lowest BCUT2D eigenvalue weighted by atomic mass is 10.0. The van der Waals surface area contributed by atoms with Crippen LogP contribution in [0.2, 0.25) is 0 Å². The zero-order valence-corrected chi connectivity index (χ0v) is 19.8. The second-order valence-electron chi connectivity index (χ2n) is 8.95. The van der Waals surface area contributed by atoms with Crippen molar-refractivity contribution in [2.75, 3.05) is 16.2 Å². The number of nitrogens with one attached hydrogen (secondary N) is 2. The first-order valence-corrected chi connectivity index (χ1v) is 13.1. The van der Waals surface area contributed by atoms with E-state index in [-0.39, 0.29) is 10.9 Å². The number of hydrogen-bond donors (Lipinski definition) is 2. The lowest BCUT2D eigenvalue weighted by molar-refractivity contribution is -0.136. The van der Waals surface area contributed by atoms with Gasteiger partial charge in [0.15, 0.2) is 0 Å². The third-order valence-corrected chi connectivity index (χ3v) is 8.25. The van der Waals surface area contributed by atoms with Crippen LogP contribution in [0.4, 0.5) is 11.4 Å². The van der Waals surface area contributed by atoms with Crippen LogP contribution in [-0.2, 0) is 26.0 Å². The Labute approximate surface area is 195 Å². The minimum Gasteiger partial charge on any atom is -0.345 e. The molecule has 8 heteroatoms. The average Bonchev–Trinajstić information content (AvgIpc) is 3.07. The summed E-state index contributed by atoms with van der Waals surface area (Å²) in [5, 5.41) is 5.49. The number of carbonyl (C=O) groups is 2. The first kappa shape index (κ1) is 23.3. The number of sulfonamides is 1. The third kappa shape index (κ3) is 5.38. The highest BCUT2D eigenvalue weighted by Crippen LogP contribution is 2.34. The van der Waals surface area contributed by atoms with Crippen molar-refractivity contribution >= 4 is 33.2 Å². The van der Waals surface area contributed by atoms with E-state index in [1.54, 1.807) is 36.4 Å². The van der Waals surface area contributed by atoms with E-state index >= 15 is 0 Å². The molecule has 7 nitrogen and oxygen atoms in total. The molecule has 0 atom stereocenters. The van der Waals surface area contributed by atoms with Gasteiger partial charge in [-0.1, -0.05) is 49.4 Å². The van der Waals surface area contributed by atoms with Crippen LogP contribution in [0.15, 0.2) is 47.4 Å². The fraction of sp³-hybridized carbons (Fsp3) is 0.440. The predicted molar refractivity (Wildman–Crippen MR) is 129 cm³/mol. The van der Waals surface area contributed by atoms with E-state index < -0.39 is 21.8 Å². The standard InChI is InChI=1S/C25H31N3O4S/c1-18-10-14-22(15-11-18)33(31,32)28-16-6-7-19-12-13-21(17-23(19)28)27-25(30)24(29)26-20-8-4-2-3-5-9-20/h10-15,17,20H,2-9,16H2,1H3,(H,26,29)(H,27,30). The van der Waals surface area contributed by atoms with Crippen LogP contribution in [0.25, 0.3) is 0 Å². The van der Waals surface area contributed by atoms with E-state index in [0.29, 0.717) is 24.3 Å². The number of nitrogens with zero attached hydrogens (tertiary/aromatic N) is 1. The molecule has 0 saturated heterocycles. The summed E-state index contributed by atoms with van der Waals surface area (Å²) in [6.45, 7) is 2.27. The van der Waals surface area contributed by atoms with Crippen LogP contribution < -0.4 is 14.9 Å². The molecule has 0 radical (unpaired) electrons. The number of fused-ring (bicyclic) bond motifs is 1. The normalized spacial score (nSPS) is 17.1.